The molecule has 0 unspecified atom stereocenters. The molecule has 4 rings (SSSR count). The third-order valence-electron chi connectivity index (χ3n) is 11.2. The van der Waals surface area contributed by atoms with E-state index in [0.717, 1.165) is 38.5 Å². The lowest BCUT2D eigenvalue weighted by Gasteiger charge is -2.50. The minimum Gasteiger partial charge on any atom is -0.459 e. The van der Waals surface area contributed by atoms with Crippen LogP contribution in [0.25, 0.3) is 0 Å². The van der Waals surface area contributed by atoms with E-state index in [4.69, 9.17) is 9.99 Å². The molecule has 1 N–H and O–H groups in total. The molecule has 0 saturated heterocycles. The molecule has 0 amide bonds. The highest BCUT2D eigenvalue weighted by molar-refractivity contribution is 5.82. The first-order chi connectivity index (χ1) is 20.6. The molecular weight excluding hydrogens is 520 g/mol. The quantitative estimate of drug-likeness (QED) is 0.0581. The van der Waals surface area contributed by atoms with Crippen LogP contribution < -0.4 is 4.89 Å². The van der Waals surface area contributed by atoms with Crippen molar-refractivity contribution in [1.82, 2.24) is 0 Å². The Hall–Kier alpha value is -1.81. The van der Waals surface area contributed by atoms with Crippen LogP contribution in [0.15, 0.2) is 30.4 Å². The molecule has 0 aromatic heterocycles. The number of ether oxygens (including phenoxy) is 1. The SMILES string of the molecule is CCCCCCCCCCCCCCCCCC=CC(=O)O[C@H]1CC[C@H]2[C@@H]3CCc4cc(OO)ccc4[C@H]3CC[C@]12C. The molecule has 1 aromatic carbocycles. The van der Waals surface area contributed by atoms with Gasteiger partial charge in [0.2, 0.25) is 0 Å². The van der Waals surface area contributed by atoms with Crippen molar-refractivity contribution in [2.75, 3.05) is 0 Å². The Morgan fingerprint density at radius 2 is 1.52 bits per heavy atom. The zero-order valence-electron chi connectivity index (χ0n) is 26.9. The molecule has 3 aliphatic rings. The maximum Gasteiger partial charge on any atom is 0.330 e. The highest BCUT2D eigenvalue weighted by Crippen LogP contribution is 2.61. The van der Waals surface area contributed by atoms with Crippen LogP contribution in [0.2, 0.25) is 0 Å². The van der Waals surface area contributed by atoms with Crippen LogP contribution in [0.3, 0.4) is 0 Å². The first-order valence-electron chi connectivity index (χ1n) is 17.9. The minimum atomic E-state index is -0.143. The van der Waals surface area contributed by atoms with Gasteiger partial charge in [0.15, 0.2) is 5.75 Å². The standard InChI is InChI=1S/C38H60O4/c1-3-4-5-6-7-8-9-10-11-12-13-14-15-16-17-18-19-20-37(39)41-36-26-25-35-34-23-21-30-29-31(42-40)22-24-32(30)33(34)27-28-38(35,36)2/h19-20,22,24,29,33-36,40H,3-18,21,23,25-28H2,1-2H3/t33-,34-,35+,36+,38+/m1/s1. The van der Waals surface area contributed by atoms with Crippen molar-refractivity contribution < 1.29 is 19.7 Å². The number of carbonyl (C=O) groups excluding carboxylic acids is 1. The average Bonchev–Trinajstić information content (AvgIpc) is 3.33. The van der Waals surface area contributed by atoms with Crippen molar-refractivity contribution in [1.29, 1.82) is 0 Å². The fraction of sp³-hybridized carbons (Fsp3) is 0.763. The summed E-state index contributed by atoms with van der Waals surface area (Å²) in [5.74, 6) is 2.23. The van der Waals surface area contributed by atoms with E-state index in [1.165, 1.54) is 114 Å². The smallest absolute Gasteiger partial charge is 0.330 e. The summed E-state index contributed by atoms with van der Waals surface area (Å²) in [5.41, 5.74) is 2.85. The molecule has 236 valence electrons. The van der Waals surface area contributed by atoms with Gasteiger partial charge in [-0.15, -0.1) is 0 Å². The van der Waals surface area contributed by atoms with Crippen LogP contribution in [0.4, 0.5) is 0 Å². The number of unbranched alkanes of at least 4 members (excludes halogenated alkanes) is 15. The van der Waals surface area contributed by atoms with E-state index in [1.54, 1.807) is 6.08 Å². The van der Waals surface area contributed by atoms with Gasteiger partial charge in [-0.2, -0.15) is 0 Å². The number of carbonyl (C=O) groups is 1. The molecule has 4 nitrogen and oxygen atoms in total. The maximum atomic E-state index is 12.7. The van der Waals surface area contributed by atoms with Crippen molar-refractivity contribution in [2.45, 2.75) is 167 Å². The van der Waals surface area contributed by atoms with Gasteiger partial charge in [-0.25, -0.2) is 10.1 Å². The van der Waals surface area contributed by atoms with Gasteiger partial charge >= 0.3 is 5.97 Å². The van der Waals surface area contributed by atoms with E-state index in [2.05, 4.69) is 24.8 Å². The molecular formula is C38H60O4. The number of hydrogen-bond donors (Lipinski definition) is 1. The van der Waals surface area contributed by atoms with Crippen LogP contribution in [0.5, 0.6) is 5.75 Å². The van der Waals surface area contributed by atoms with Gasteiger partial charge in [-0.3, -0.25) is 0 Å². The Morgan fingerprint density at radius 1 is 0.881 bits per heavy atom. The lowest BCUT2D eigenvalue weighted by Crippen LogP contribution is -2.45. The molecule has 2 saturated carbocycles. The number of rotatable bonds is 19. The number of hydrogen-bond acceptors (Lipinski definition) is 4. The second-order valence-electron chi connectivity index (χ2n) is 14.1. The van der Waals surface area contributed by atoms with E-state index in [0.29, 0.717) is 23.5 Å². The Balaban J connectivity index is 1.06. The number of allylic oxidation sites excluding steroid dienone is 1. The fourth-order valence-corrected chi connectivity index (χ4v) is 8.75. The molecule has 42 heavy (non-hydrogen) atoms. The van der Waals surface area contributed by atoms with Gasteiger partial charge in [0.25, 0.3) is 0 Å². The first-order valence-corrected chi connectivity index (χ1v) is 17.9. The number of fused-ring (bicyclic) bond motifs is 5. The van der Waals surface area contributed by atoms with Gasteiger partial charge in [0, 0.05) is 11.5 Å². The summed E-state index contributed by atoms with van der Waals surface area (Å²) in [6, 6.07) is 6.06. The minimum absolute atomic E-state index is 0.0398. The van der Waals surface area contributed by atoms with Crippen molar-refractivity contribution in [3.8, 4) is 5.75 Å². The summed E-state index contributed by atoms with van der Waals surface area (Å²) >= 11 is 0. The highest BCUT2D eigenvalue weighted by Gasteiger charge is 2.56. The maximum absolute atomic E-state index is 12.7. The van der Waals surface area contributed by atoms with Gasteiger partial charge in [-0.05, 0) is 92.4 Å². The Kier molecular flexibility index (Phi) is 13.8. The van der Waals surface area contributed by atoms with Gasteiger partial charge < -0.3 is 9.62 Å². The van der Waals surface area contributed by atoms with E-state index in [-0.39, 0.29) is 17.5 Å². The second kappa shape index (κ2) is 17.5. The van der Waals surface area contributed by atoms with Gasteiger partial charge in [0.1, 0.15) is 6.10 Å². The summed E-state index contributed by atoms with van der Waals surface area (Å²) in [4.78, 5) is 17.2. The van der Waals surface area contributed by atoms with Gasteiger partial charge in [-0.1, -0.05) is 116 Å². The molecule has 0 aliphatic heterocycles. The topological polar surface area (TPSA) is 55.8 Å². The predicted molar refractivity (Wildman–Crippen MR) is 173 cm³/mol. The second-order valence-corrected chi connectivity index (χ2v) is 14.1. The Morgan fingerprint density at radius 3 is 2.17 bits per heavy atom. The molecule has 0 bridgehead atoms. The van der Waals surface area contributed by atoms with Crippen molar-refractivity contribution in [3.63, 3.8) is 0 Å². The molecule has 3 aliphatic carbocycles. The third kappa shape index (κ3) is 9.10. The third-order valence-corrected chi connectivity index (χ3v) is 11.2. The summed E-state index contributed by atoms with van der Waals surface area (Å²) < 4.78 is 6.12. The van der Waals surface area contributed by atoms with Crippen LogP contribution in [0, 0.1) is 17.3 Å². The zero-order chi connectivity index (χ0) is 29.6. The van der Waals surface area contributed by atoms with Crippen LogP contribution in [-0.2, 0) is 16.0 Å². The van der Waals surface area contributed by atoms with Crippen LogP contribution >= 0.6 is 0 Å². The van der Waals surface area contributed by atoms with Crippen molar-refractivity contribution >= 4 is 5.97 Å². The van der Waals surface area contributed by atoms with E-state index in [1.807, 2.05) is 18.2 Å². The van der Waals surface area contributed by atoms with Crippen LogP contribution in [0.1, 0.15) is 166 Å². The number of aryl methyl sites for hydroxylation is 1. The lowest BCUT2D eigenvalue weighted by molar-refractivity contribution is -0.151. The molecule has 0 heterocycles. The Bertz CT molecular complexity index is 970. The van der Waals surface area contributed by atoms with Crippen molar-refractivity contribution in [2.24, 2.45) is 17.3 Å². The average molecular weight is 581 g/mol. The summed E-state index contributed by atoms with van der Waals surface area (Å²) in [7, 11) is 0. The monoisotopic (exact) mass is 580 g/mol. The zero-order valence-corrected chi connectivity index (χ0v) is 26.9. The molecule has 2 fully saturated rings. The van der Waals surface area contributed by atoms with E-state index < -0.39 is 0 Å². The Labute approximate surface area is 257 Å². The highest BCUT2D eigenvalue weighted by atomic mass is 17.1. The van der Waals surface area contributed by atoms with Crippen LogP contribution in [-0.4, -0.2) is 17.3 Å². The molecule has 5 atom stereocenters. The fourth-order valence-electron chi connectivity index (χ4n) is 8.75. The predicted octanol–water partition coefficient (Wildman–Crippen LogP) is 11.1. The summed E-state index contributed by atoms with van der Waals surface area (Å²) in [5, 5.41) is 9.06. The molecule has 0 radical (unpaired) electrons. The van der Waals surface area contributed by atoms with Crippen molar-refractivity contribution in [3.05, 3.63) is 41.5 Å². The largest absolute Gasteiger partial charge is 0.459 e. The normalized spacial score (nSPS) is 26.5. The van der Waals surface area contributed by atoms with Gasteiger partial charge in [0.05, 0.1) is 0 Å². The van der Waals surface area contributed by atoms with E-state index in [9.17, 15) is 4.79 Å². The summed E-state index contributed by atoms with van der Waals surface area (Å²) in [6.45, 7) is 4.67. The number of benzene rings is 1. The number of esters is 1. The molecule has 1 aromatic rings. The summed E-state index contributed by atoms with van der Waals surface area (Å²) in [6.07, 6.45) is 32.0. The molecule has 4 heteroatoms. The first kappa shape index (κ1) is 33.1. The lowest BCUT2D eigenvalue weighted by atomic mass is 9.55. The van der Waals surface area contributed by atoms with E-state index >= 15 is 0 Å². The molecule has 0 spiro atoms.